The highest BCUT2D eigenvalue weighted by molar-refractivity contribution is 5.90. The van der Waals surface area contributed by atoms with Crippen molar-refractivity contribution in [2.45, 2.75) is 59.6 Å². The van der Waals surface area contributed by atoms with Crippen molar-refractivity contribution < 1.29 is 28.7 Å². The number of nitrogens with zero attached hydrogens (tertiary/aromatic N) is 1. The summed E-state index contributed by atoms with van der Waals surface area (Å²) in [7, 11) is 1.50. The summed E-state index contributed by atoms with van der Waals surface area (Å²) in [5.41, 5.74) is 1.73. The number of carbonyl (C=O) groups excluding carboxylic acids is 4. The Kier molecular flexibility index (Phi) is 10.2. The van der Waals surface area contributed by atoms with Crippen molar-refractivity contribution >= 4 is 23.9 Å². The fraction of sp³-hybridized carbons (Fsp3) is 0.565. The number of amides is 3. The average Bonchev–Trinajstić information content (AvgIpc) is 2.67. The van der Waals surface area contributed by atoms with Crippen molar-refractivity contribution in [1.29, 1.82) is 0 Å². The lowest BCUT2D eigenvalue weighted by Gasteiger charge is -2.29. The third-order valence-corrected chi connectivity index (χ3v) is 4.47. The van der Waals surface area contributed by atoms with Crippen LogP contribution in [0.1, 0.15) is 56.8 Å². The Bertz CT molecular complexity index is 832. The molecular weight excluding hydrogens is 414 g/mol. The number of alkyl carbamates (subject to hydrolysis) is 1. The molecule has 0 fully saturated rings. The van der Waals surface area contributed by atoms with E-state index in [0.29, 0.717) is 5.56 Å². The van der Waals surface area contributed by atoms with Gasteiger partial charge in [0.2, 0.25) is 11.8 Å². The normalized spacial score (nSPS) is 11.8. The molecule has 1 rings (SSSR count). The molecule has 0 saturated heterocycles. The maximum absolute atomic E-state index is 13.0. The Morgan fingerprint density at radius 2 is 1.75 bits per heavy atom. The van der Waals surface area contributed by atoms with Gasteiger partial charge in [-0.15, -0.1) is 0 Å². The second kappa shape index (κ2) is 12.1. The van der Waals surface area contributed by atoms with Gasteiger partial charge in [0.15, 0.2) is 0 Å². The van der Waals surface area contributed by atoms with Crippen LogP contribution in [0.4, 0.5) is 4.79 Å². The van der Waals surface area contributed by atoms with Crippen LogP contribution in [-0.2, 0) is 23.9 Å². The van der Waals surface area contributed by atoms with Crippen molar-refractivity contribution in [3.8, 4) is 0 Å². The summed E-state index contributed by atoms with van der Waals surface area (Å²) in [6.07, 6.45) is -0.696. The van der Waals surface area contributed by atoms with Crippen LogP contribution in [0.25, 0.3) is 0 Å². The second-order valence-electron chi connectivity index (χ2n) is 8.47. The van der Waals surface area contributed by atoms with Crippen LogP contribution in [0.3, 0.4) is 0 Å². The molecule has 0 heterocycles. The van der Waals surface area contributed by atoms with Crippen molar-refractivity contribution in [3.63, 3.8) is 0 Å². The smallest absolute Gasteiger partial charge is 0.408 e. The minimum atomic E-state index is -0.940. The van der Waals surface area contributed by atoms with E-state index >= 15 is 0 Å². The van der Waals surface area contributed by atoms with Crippen molar-refractivity contribution in [3.05, 3.63) is 34.9 Å². The van der Waals surface area contributed by atoms with E-state index in [2.05, 4.69) is 10.6 Å². The van der Waals surface area contributed by atoms with Gasteiger partial charge in [-0.3, -0.25) is 14.4 Å². The van der Waals surface area contributed by atoms with Crippen LogP contribution in [0.2, 0.25) is 0 Å². The molecule has 32 heavy (non-hydrogen) atoms. The van der Waals surface area contributed by atoms with Gasteiger partial charge in [-0.25, -0.2) is 4.79 Å². The van der Waals surface area contributed by atoms with E-state index in [4.69, 9.17) is 9.47 Å². The standard InChI is InChI=1S/C23H35N3O6/c1-8-31-19(28)11-12-24-21(29)20(17-13-15(2)9-10-16(17)3)26(7)18(27)14-25-22(30)32-23(4,5)6/h9-10,13,20H,8,11-12,14H2,1-7H3,(H,24,29)(H,25,30). The zero-order chi connectivity index (χ0) is 24.5. The minimum absolute atomic E-state index is 0.0248. The molecule has 0 aliphatic heterocycles. The number of carbonyl (C=O) groups is 4. The molecule has 0 bridgehead atoms. The van der Waals surface area contributed by atoms with Crippen LogP contribution in [0.15, 0.2) is 18.2 Å². The predicted octanol–water partition coefficient (Wildman–Crippen LogP) is 2.40. The maximum Gasteiger partial charge on any atom is 0.408 e. The summed E-state index contributed by atoms with van der Waals surface area (Å²) in [6.45, 7) is 10.6. The monoisotopic (exact) mass is 449 g/mol. The van der Waals surface area contributed by atoms with E-state index in [0.717, 1.165) is 11.1 Å². The first-order valence-corrected chi connectivity index (χ1v) is 10.6. The Morgan fingerprint density at radius 3 is 2.34 bits per heavy atom. The lowest BCUT2D eigenvalue weighted by atomic mass is 9.97. The fourth-order valence-corrected chi connectivity index (χ4v) is 2.93. The molecule has 9 heteroatoms. The van der Waals surface area contributed by atoms with E-state index in [9.17, 15) is 19.2 Å². The molecule has 3 amide bonds. The van der Waals surface area contributed by atoms with E-state index in [1.165, 1.54) is 11.9 Å². The third-order valence-electron chi connectivity index (χ3n) is 4.47. The van der Waals surface area contributed by atoms with Gasteiger partial charge in [-0.2, -0.15) is 0 Å². The lowest BCUT2D eigenvalue weighted by Crippen LogP contribution is -2.46. The summed E-state index contributed by atoms with van der Waals surface area (Å²) in [4.78, 5) is 50.6. The molecule has 178 valence electrons. The van der Waals surface area contributed by atoms with Gasteiger partial charge in [0.05, 0.1) is 13.0 Å². The van der Waals surface area contributed by atoms with Gasteiger partial charge in [0.1, 0.15) is 18.2 Å². The highest BCUT2D eigenvalue weighted by atomic mass is 16.6. The number of hydrogen-bond acceptors (Lipinski definition) is 6. The third kappa shape index (κ3) is 8.95. The number of aryl methyl sites for hydroxylation is 2. The summed E-state index contributed by atoms with van der Waals surface area (Å²) in [5.74, 6) is -1.32. The first-order valence-electron chi connectivity index (χ1n) is 10.6. The number of hydrogen-bond donors (Lipinski definition) is 2. The molecule has 0 radical (unpaired) electrons. The number of likely N-dealkylation sites (N-methyl/N-ethyl adjacent to an activating group) is 1. The predicted molar refractivity (Wildman–Crippen MR) is 120 cm³/mol. The highest BCUT2D eigenvalue weighted by Crippen LogP contribution is 2.24. The molecular formula is C23H35N3O6. The van der Waals surface area contributed by atoms with E-state index in [1.807, 2.05) is 32.0 Å². The molecule has 0 aliphatic rings. The van der Waals surface area contributed by atoms with Crippen molar-refractivity contribution in [2.24, 2.45) is 0 Å². The molecule has 0 spiro atoms. The SMILES string of the molecule is CCOC(=O)CCNC(=O)C(c1cc(C)ccc1C)N(C)C(=O)CNC(=O)OC(C)(C)C. The fourth-order valence-electron chi connectivity index (χ4n) is 2.93. The Labute approximate surface area is 189 Å². The van der Waals surface area contributed by atoms with E-state index in [1.54, 1.807) is 27.7 Å². The molecule has 1 atom stereocenters. The Morgan fingerprint density at radius 1 is 1.09 bits per heavy atom. The van der Waals surface area contributed by atoms with Gasteiger partial charge < -0.3 is 25.0 Å². The van der Waals surface area contributed by atoms with Crippen LogP contribution in [0.5, 0.6) is 0 Å². The molecule has 9 nitrogen and oxygen atoms in total. The second-order valence-corrected chi connectivity index (χ2v) is 8.47. The number of benzene rings is 1. The highest BCUT2D eigenvalue weighted by Gasteiger charge is 2.30. The lowest BCUT2D eigenvalue weighted by molar-refractivity contribution is -0.143. The van der Waals surface area contributed by atoms with Gasteiger partial charge in [0, 0.05) is 13.6 Å². The molecule has 0 aliphatic carbocycles. The Balaban J connectivity index is 2.98. The molecule has 1 aromatic carbocycles. The Hall–Kier alpha value is -3.10. The first kappa shape index (κ1) is 26.9. The van der Waals surface area contributed by atoms with Gasteiger partial charge >= 0.3 is 12.1 Å². The summed E-state index contributed by atoms with van der Waals surface area (Å²) in [5, 5.41) is 5.12. The largest absolute Gasteiger partial charge is 0.466 e. The van der Waals surface area contributed by atoms with Crippen LogP contribution < -0.4 is 10.6 Å². The molecule has 0 saturated carbocycles. The number of esters is 1. The van der Waals surface area contributed by atoms with Crippen LogP contribution >= 0.6 is 0 Å². The summed E-state index contributed by atoms with van der Waals surface area (Å²) < 4.78 is 10.0. The molecule has 1 aromatic rings. The molecule has 2 N–H and O–H groups in total. The molecule has 1 unspecified atom stereocenters. The topological polar surface area (TPSA) is 114 Å². The van der Waals surface area contributed by atoms with E-state index in [-0.39, 0.29) is 26.1 Å². The quantitative estimate of drug-likeness (QED) is 0.560. The van der Waals surface area contributed by atoms with Crippen molar-refractivity contribution in [1.82, 2.24) is 15.5 Å². The summed E-state index contributed by atoms with van der Waals surface area (Å²) >= 11 is 0. The van der Waals surface area contributed by atoms with Crippen LogP contribution in [-0.4, -0.2) is 61.1 Å². The average molecular weight is 450 g/mol. The minimum Gasteiger partial charge on any atom is -0.466 e. The summed E-state index contributed by atoms with van der Waals surface area (Å²) in [6, 6.07) is 4.70. The molecule has 0 aromatic heterocycles. The van der Waals surface area contributed by atoms with Crippen LogP contribution in [0, 0.1) is 13.8 Å². The van der Waals surface area contributed by atoms with Crippen molar-refractivity contribution in [2.75, 3.05) is 26.7 Å². The van der Waals surface area contributed by atoms with Gasteiger partial charge in [-0.1, -0.05) is 23.8 Å². The maximum atomic E-state index is 13.0. The zero-order valence-corrected chi connectivity index (χ0v) is 20.0. The number of nitrogens with one attached hydrogen (secondary N) is 2. The number of ether oxygens (including phenoxy) is 2. The van der Waals surface area contributed by atoms with E-state index < -0.39 is 35.5 Å². The first-order chi connectivity index (χ1) is 14.9. The van der Waals surface area contributed by atoms with Gasteiger partial charge in [0.25, 0.3) is 0 Å². The zero-order valence-electron chi connectivity index (χ0n) is 20.0. The van der Waals surface area contributed by atoms with Gasteiger partial charge in [-0.05, 0) is 52.7 Å². The number of rotatable bonds is 9.